The Bertz CT molecular complexity index is 244. The molecule has 0 aromatic rings. The molecular weight excluding hydrogens is 226 g/mol. The monoisotopic (exact) mass is 247 g/mol. The van der Waals surface area contributed by atoms with Crippen molar-refractivity contribution in [3.63, 3.8) is 0 Å². The second-order valence-electron chi connectivity index (χ2n) is 3.73. The van der Waals surface area contributed by atoms with E-state index >= 15 is 0 Å². The lowest BCUT2D eigenvalue weighted by molar-refractivity contribution is -0.146. The molecule has 0 radical (unpaired) electrons. The minimum Gasteiger partial charge on any atom is -0.469 e. The first-order chi connectivity index (χ1) is 8.02. The highest BCUT2D eigenvalue weighted by atomic mass is 16.5. The van der Waals surface area contributed by atoms with Gasteiger partial charge in [-0.25, -0.2) is 0 Å². The lowest BCUT2D eigenvalue weighted by Crippen LogP contribution is -2.38. The van der Waals surface area contributed by atoms with Crippen molar-refractivity contribution in [3.05, 3.63) is 0 Å². The molecule has 17 heavy (non-hydrogen) atoms. The quantitative estimate of drug-likeness (QED) is 0.469. The van der Waals surface area contributed by atoms with E-state index in [4.69, 9.17) is 9.84 Å². The molecule has 0 bridgehead atoms. The van der Waals surface area contributed by atoms with Crippen LogP contribution in [0.4, 0.5) is 0 Å². The van der Waals surface area contributed by atoms with Gasteiger partial charge in [-0.2, -0.15) is 0 Å². The number of nitrogens with zero attached hydrogens (tertiary/aromatic N) is 1. The number of carbonyl (C=O) groups excluding carboxylic acids is 2. The summed E-state index contributed by atoms with van der Waals surface area (Å²) < 4.78 is 9.67. The molecule has 1 amide bonds. The van der Waals surface area contributed by atoms with Crippen LogP contribution in [0.5, 0.6) is 0 Å². The first-order valence-corrected chi connectivity index (χ1v) is 5.54. The van der Waals surface area contributed by atoms with Crippen LogP contribution in [0.3, 0.4) is 0 Å². The second-order valence-corrected chi connectivity index (χ2v) is 3.73. The van der Waals surface area contributed by atoms with Gasteiger partial charge in [-0.05, 0) is 0 Å². The lowest BCUT2D eigenvalue weighted by atomic mass is 10.1. The van der Waals surface area contributed by atoms with Crippen LogP contribution >= 0.6 is 0 Å². The fraction of sp³-hybridized carbons (Fsp3) is 0.818. The predicted molar refractivity (Wildman–Crippen MR) is 61.3 cm³/mol. The van der Waals surface area contributed by atoms with Crippen LogP contribution in [0, 0.1) is 5.92 Å². The number of hydrogen-bond donors (Lipinski definition) is 1. The summed E-state index contributed by atoms with van der Waals surface area (Å²) in [5, 5.41) is 8.52. The number of carbonyl (C=O) groups is 2. The van der Waals surface area contributed by atoms with Crippen LogP contribution < -0.4 is 0 Å². The number of methoxy groups -OCH3 is 1. The van der Waals surface area contributed by atoms with E-state index in [1.807, 2.05) is 0 Å². The molecule has 0 saturated carbocycles. The molecule has 0 spiro atoms. The standard InChI is InChI=1S/C11H21NO5/c1-9(11(15)16-3)8-12(10(2)14)4-6-17-7-5-13/h9,13H,4-8H2,1-3H3. The van der Waals surface area contributed by atoms with Crippen LogP contribution in [0.15, 0.2) is 0 Å². The van der Waals surface area contributed by atoms with Crippen molar-refractivity contribution in [3.8, 4) is 0 Å². The number of aliphatic hydroxyl groups is 1. The SMILES string of the molecule is COC(=O)C(C)CN(CCOCCO)C(C)=O. The maximum absolute atomic E-state index is 11.3. The summed E-state index contributed by atoms with van der Waals surface area (Å²) in [7, 11) is 1.32. The highest BCUT2D eigenvalue weighted by Crippen LogP contribution is 2.02. The Morgan fingerprint density at radius 3 is 2.47 bits per heavy atom. The third-order valence-electron chi connectivity index (χ3n) is 2.28. The Morgan fingerprint density at radius 1 is 1.35 bits per heavy atom. The Balaban J connectivity index is 4.06. The number of amides is 1. The van der Waals surface area contributed by atoms with Gasteiger partial charge in [0.2, 0.25) is 5.91 Å². The zero-order chi connectivity index (χ0) is 13.3. The van der Waals surface area contributed by atoms with Gasteiger partial charge in [0, 0.05) is 20.0 Å². The highest BCUT2D eigenvalue weighted by molar-refractivity contribution is 5.76. The van der Waals surface area contributed by atoms with Crippen molar-refractivity contribution < 1.29 is 24.2 Å². The number of hydrogen-bond acceptors (Lipinski definition) is 5. The van der Waals surface area contributed by atoms with Gasteiger partial charge in [0.15, 0.2) is 0 Å². The van der Waals surface area contributed by atoms with E-state index in [0.29, 0.717) is 19.7 Å². The molecular formula is C11H21NO5. The average Bonchev–Trinajstić information content (AvgIpc) is 2.31. The zero-order valence-corrected chi connectivity index (χ0v) is 10.6. The van der Waals surface area contributed by atoms with Crippen molar-refractivity contribution in [2.75, 3.05) is 40.0 Å². The van der Waals surface area contributed by atoms with Gasteiger partial charge in [0.1, 0.15) is 0 Å². The molecule has 0 saturated heterocycles. The average molecular weight is 247 g/mol. The summed E-state index contributed by atoms with van der Waals surface area (Å²) >= 11 is 0. The lowest BCUT2D eigenvalue weighted by Gasteiger charge is -2.23. The van der Waals surface area contributed by atoms with Crippen molar-refractivity contribution in [1.82, 2.24) is 4.90 Å². The highest BCUT2D eigenvalue weighted by Gasteiger charge is 2.19. The van der Waals surface area contributed by atoms with Crippen LogP contribution in [0.1, 0.15) is 13.8 Å². The molecule has 0 aromatic heterocycles. The molecule has 0 aromatic carbocycles. The third kappa shape index (κ3) is 6.91. The predicted octanol–water partition coefficient (Wildman–Crippen LogP) is -0.347. The fourth-order valence-electron chi connectivity index (χ4n) is 1.32. The van der Waals surface area contributed by atoms with E-state index in [9.17, 15) is 9.59 Å². The van der Waals surface area contributed by atoms with Crippen molar-refractivity contribution in [2.24, 2.45) is 5.92 Å². The van der Waals surface area contributed by atoms with E-state index in [-0.39, 0.29) is 31.0 Å². The number of esters is 1. The van der Waals surface area contributed by atoms with E-state index in [1.165, 1.54) is 18.9 Å². The van der Waals surface area contributed by atoms with Gasteiger partial charge in [-0.3, -0.25) is 9.59 Å². The maximum atomic E-state index is 11.3. The fourth-order valence-corrected chi connectivity index (χ4v) is 1.32. The molecule has 100 valence electrons. The third-order valence-corrected chi connectivity index (χ3v) is 2.28. The molecule has 0 aliphatic heterocycles. The summed E-state index contributed by atoms with van der Waals surface area (Å²) in [4.78, 5) is 24.1. The maximum Gasteiger partial charge on any atom is 0.310 e. The minimum atomic E-state index is -0.359. The van der Waals surface area contributed by atoms with Gasteiger partial charge in [-0.15, -0.1) is 0 Å². The Morgan fingerprint density at radius 2 is 2.00 bits per heavy atom. The molecule has 0 aliphatic carbocycles. The van der Waals surface area contributed by atoms with Gasteiger partial charge in [-0.1, -0.05) is 6.92 Å². The number of rotatable bonds is 8. The van der Waals surface area contributed by atoms with Gasteiger partial charge >= 0.3 is 5.97 Å². The topological polar surface area (TPSA) is 76.1 Å². The van der Waals surface area contributed by atoms with Crippen molar-refractivity contribution in [2.45, 2.75) is 13.8 Å². The van der Waals surface area contributed by atoms with E-state index in [0.717, 1.165) is 0 Å². The normalized spacial score (nSPS) is 12.0. The first kappa shape index (κ1) is 15.9. The summed E-state index contributed by atoms with van der Waals surface area (Å²) in [6, 6.07) is 0. The van der Waals surface area contributed by atoms with E-state index in [2.05, 4.69) is 4.74 Å². The zero-order valence-electron chi connectivity index (χ0n) is 10.6. The Kier molecular flexibility index (Phi) is 8.35. The van der Waals surface area contributed by atoms with Crippen molar-refractivity contribution >= 4 is 11.9 Å². The summed E-state index contributed by atoms with van der Waals surface area (Å²) in [6.07, 6.45) is 0. The van der Waals surface area contributed by atoms with E-state index in [1.54, 1.807) is 6.92 Å². The Labute approximate surface area is 101 Å². The van der Waals surface area contributed by atoms with Gasteiger partial charge in [0.05, 0.1) is 32.8 Å². The molecule has 1 atom stereocenters. The first-order valence-electron chi connectivity index (χ1n) is 5.54. The summed E-state index contributed by atoms with van der Waals surface area (Å²) in [5.41, 5.74) is 0. The van der Waals surface area contributed by atoms with Crippen LogP contribution in [-0.4, -0.2) is 61.9 Å². The molecule has 0 fully saturated rings. The van der Waals surface area contributed by atoms with Gasteiger partial charge < -0.3 is 19.5 Å². The number of aliphatic hydroxyl groups excluding tert-OH is 1. The molecule has 6 heteroatoms. The smallest absolute Gasteiger partial charge is 0.310 e. The molecule has 0 aliphatic rings. The van der Waals surface area contributed by atoms with E-state index < -0.39 is 0 Å². The van der Waals surface area contributed by atoms with Crippen molar-refractivity contribution in [1.29, 1.82) is 0 Å². The minimum absolute atomic E-state index is 0.0430. The van der Waals surface area contributed by atoms with Crippen LogP contribution in [0.25, 0.3) is 0 Å². The van der Waals surface area contributed by atoms with Crippen LogP contribution in [0.2, 0.25) is 0 Å². The molecule has 1 unspecified atom stereocenters. The largest absolute Gasteiger partial charge is 0.469 e. The Hall–Kier alpha value is -1.14. The number of ether oxygens (including phenoxy) is 2. The van der Waals surface area contributed by atoms with Crippen LogP contribution in [-0.2, 0) is 19.1 Å². The summed E-state index contributed by atoms with van der Waals surface area (Å²) in [6.45, 7) is 4.40. The molecule has 1 N–H and O–H groups in total. The van der Waals surface area contributed by atoms with Gasteiger partial charge in [0.25, 0.3) is 0 Å². The molecule has 0 heterocycles. The molecule has 6 nitrogen and oxygen atoms in total. The molecule has 0 rings (SSSR count). The summed E-state index contributed by atoms with van der Waals surface area (Å²) in [5.74, 6) is -0.817. The second kappa shape index (κ2) is 8.95.